The lowest BCUT2D eigenvalue weighted by Gasteiger charge is -2.30. The summed E-state index contributed by atoms with van der Waals surface area (Å²) < 4.78 is 31.8. The number of hydrogen-bond donors (Lipinski definition) is 1. The second-order valence-electron chi connectivity index (χ2n) is 8.78. The van der Waals surface area contributed by atoms with Crippen molar-refractivity contribution in [1.29, 1.82) is 5.26 Å². The number of aromatic nitrogens is 4. The third-order valence-electron chi connectivity index (χ3n) is 6.35. The smallest absolute Gasteiger partial charge is 0.244 e. The van der Waals surface area contributed by atoms with Crippen LogP contribution in [-0.2, 0) is 18.4 Å². The molecule has 1 aliphatic rings. The number of nitriles is 1. The van der Waals surface area contributed by atoms with Crippen LogP contribution in [-0.4, -0.2) is 49.5 Å². The van der Waals surface area contributed by atoms with Crippen LogP contribution < -0.4 is 5.73 Å². The van der Waals surface area contributed by atoms with Gasteiger partial charge in [-0.2, -0.15) is 14.8 Å². The Kier molecular flexibility index (Phi) is 5.78. The number of rotatable bonds is 4. The average molecular weight is 476 g/mol. The van der Waals surface area contributed by atoms with Gasteiger partial charge in [0.15, 0.2) is 0 Å². The Morgan fingerprint density at radius 3 is 2.74 bits per heavy atom. The first-order valence-electron chi connectivity index (χ1n) is 11.3. The van der Waals surface area contributed by atoms with E-state index in [0.29, 0.717) is 46.4 Å². The number of nitrogens with two attached hydrogens (primary N) is 1. The molecule has 1 fully saturated rings. The molecule has 178 valence electrons. The summed E-state index contributed by atoms with van der Waals surface area (Å²) in [6.45, 7) is 1.13. The van der Waals surface area contributed by atoms with Crippen molar-refractivity contribution in [2.75, 3.05) is 13.1 Å². The van der Waals surface area contributed by atoms with Crippen LogP contribution in [0.5, 0.6) is 0 Å². The predicted molar refractivity (Wildman–Crippen MR) is 126 cm³/mol. The molecule has 0 bridgehead atoms. The zero-order chi connectivity index (χ0) is 24.7. The van der Waals surface area contributed by atoms with Gasteiger partial charge in [0.1, 0.15) is 24.1 Å². The maximum atomic E-state index is 14.4. The number of benzene rings is 2. The Bertz CT molecular complexity index is 1480. The molecule has 1 amide bonds. The molecule has 2 aromatic heterocycles. The lowest BCUT2D eigenvalue weighted by atomic mass is 10.00. The molecule has 1 atom stereocenters. The number of halogens is 2. The van der Waals surface area contributed by atoms with Crippen LogP contribution in [0.4, 0.5) is 8.78 Å². The van der Waals surface area contributed by atoms with Crippen molar-refractivity contribution < 1.29 is 13.6 Å². The minimum atomic E-state index is -0.669. The maximum Gasteiger partial charge on any atom is 0.244 e. The third kappa shape index (κ3) is 4.26. The lowest BCUT2D eigenvalue weighted by Crippen LogP contribution is -2.46. The molecule has 8 nitrogen and oxygen atoms in total. The molecule has 2 aromatic carbocycles. The highest BCUT2D eigenvalue weighted by Gasteiger charge is 2.23. The number of nitrogens with zero attached hydrogens (tertiary/aromatic N) is 6. The van der Waals surface area contributed by atoms with E-state index in [1.54, 1.807) is 42.4 Å². The van der Waals surface area contributed by atoms with Crippen molar-refractivity contribution in [3.8, 4) is 28.5 Å². The summed E-state index contributed by atoms with van der Waals surface area (Å²) in [7, 11) is 1.66. The standard InChI is InChI=1S/C25H23F2N7O/c1-32-22-7-6-15(9-19(22)25(27)31-32)20-13-34(14-23(35)33-8-2-3-18(29)12-33)30-24(20)16-4-5-17(11-28)21(26)10-16/h4-7,9-10,13,18H,2-3,8,12,14,29H2,1H3. The van der Waals surface area contributed by atoms with Gasteiger partial charge in [-0.25, -0.2) is 4.39 Å². The molecule has 1 unspecified atom stereocenters. The number of amides is 1. The Morgan fingerprint density at radius 2 is 2.00 bits per heavy atom. The largest absolute Gasteiger partial charge is 0.340 e. The van der Waals surface area contributed by atoms with Gasteiger partial charge < -0.3 is 10.6 Å². The zero-order valence-electron chi connectivity index (χ0n) is 19.1. The number of hydrogen-bond acceptors (Lipinski definition) is 5. The first-order chi connectivity index (χ1) is 16.8. The summed E-state index contributed by atoms with van der Waals surface area (Å²) in [5.41, 5.74) is 8.67. The molecule has 1 saturated heterocycles. The van der Waals surface area contributed by atoms with Crippen LogP contribution >= 0.6 is 0 Å². The summed E-state index contributed by atoms with van der Waals surface area (Å²) in [5.74, 6) is -1.38. The monoisotopic (exact) mass is 475 g/mol. The van der Waals surface area contributed by atoms with E-state index in [9.17, 15) is 13.6 Å². The van der Waals surface area contributed by atoms with Gasteiger partial charge in [-0.05, 0) is 42.7 Å². The van der Waals surface area contributed by atoms with E-state index in [0.717, 1.165) is 12.8 Å². The molecular formula is C25H23F2N7O. The molecule has 1 aliphatic heterocycles. The summed E-state index contributed by atoms with van der Waals surface area (Å²) >= 11 is 0. The topological polar surface area (TPSA) is 106 Å². The van der Waals surface area contributed by atoms with E-state index in [1.165, 1.54) is 21.5 Å². The van der Waals surface area contributed by atoms with Gasteiger partial charge in [-0.15, -0.1) is 5.10 Å². The second-order valence-corrected chi connectivity index (χ2v) is 8.78. The van der Waals surface area contributed by atoms with Gasteiger partial charge in [-0.3, -0.25) is 14.2 Å². The minimum Gasteiger partial charge on any atom is -0.340 e. The third-order valence-corrected chi connectivity index (χ3v) is 6.35. The summed E-state index contributed by atoms with van der Waals surface area (Å²) in [4.78, 5) is 14.6. The van der Waals surface area contributed by atoms with Gasteiger partial charge in [0.25, 0.3) is 0 Å². The molecule has 35 heavy (non-hydrogen) atoms. The minimum absolute atomic E-state index is 0.0119. The molecule has 0 saturated carbocycles. The Hall–Kier alpha value is -4.10. The van der Waals surface area contributed by atoms with E-state index in [2.05, 4.69) is 10.2 Å². The normalized spacial score (nSPS) is 16.0. The second kappa shape index (κ2) is 8.92. The number of piperidine rings is 1. The Balaban J connectivity index is 1.57. The number of likely N-dealkylation sites (tertiary alicyclic amines) is 1. The van der Waals surface area contributed by atoms with E-state index < -0.39 is 11.8 Å². The molecule has 4 aromatic rings. The van der Waals surface area contributed by atoms with E-state index in [1.807, 2.05) is 6.07 Å². The zero-order valence-corrected chi connectivity index (χ0v) is 19.1. The molecule has 3 heterocycles. The van der Waals surface area contributed by atoms with Crippen molar-refractivity contribution >= 4 is 16.8 Å². The van der Waals surface area contributed by atoms with Gasteiger partial charge >= 0.3 is 0 Å². The van der Waals surface area contributed by atoms with Crippen molar-refractivity contribution in [2.45, 2.75) is 25.4 Å². The summed E-state index contributed by atoms with van der Waals surface area (Å²) in [5, 5.41) is 17.8. The number of carbonyl (C=O) groups excluding carboxylic acids is 1. The van der Waals surface area contributed by atoms with Crippen LogP contribution in [0.1, 0.15) is 18.4 Å². The van der Waals surface area contributed by atoms with E-state index in [-0.39, 0.29) is 24.1 Å². The fourth-order valence-corrected chi connectivity index (χ4v) is 4.55. The summed E-state index contributed by atoms with van der Waals surface area (Å²) in [6.07, 6.45) is 3.43. The molecule has 2 N–H and O–H groups in total. The van der Waals surface area contributed by atoms with E-state index in [4.69, 9.17) is 11.0 Å². The highest BCUT2D eigenvalue weighted by atomic mass is 19.1. The molecule has 10 heteroatoms. The SMILES string of the molecule is Cn1nc(F)c2cc(-c3cn(CC(=O)N4CCCC(N)C4)nc3-c3ccc(C#N)c(F)c3)ccc21. The maximum absolute atomic E-state index is 14.4. The number of fused-ring (bicyclic) bond motifs is 1. The van der Waals surface area contributed by atoms with Gasteiger partial charge in [0.2, 0.25) is 11.9 Å². The Labute approximate surface area is 200 Å². The molecule has 0 radical (unpaired) electrons. The van der Waals surface area contributed by atoms with Crippen molar-refractivity contribution in [3.05, 3.63) is 59.9 Å². The molecule has 5 rings (SSSR count). The average Bonchev–Trinajstić information content (AvgIpc) is 3.39. The fourth-order valence-electron chi connectivity index (χ4n) is 4.55. The van der Waals surface area contributed by atoms with Crippen molar-refractivity contribution in [2.24, 2.45) is 12.8 Å². The molecule has 0 spiro atoms. The summed E-state index contributed by atoms with van der Waals surface area (Å²) in [6, 6.07) is 11.2. The lowest BCUT2D eigenvalue weighted by molar-refractivity contribution is -0.133. The first-order valence-corrected chi connectivity index (χ1v) is 11.3. The van der Waals surface area contributed by atoms with Crippen LogP contribution in [0.3, 0.4) is 0 Å². The van der Waals surface area contributed by atoms with Crippen molar-refractivity contribution in [1.82, 2.24) is 24.5 Å². The first kappa shape index (κ1) is 22.7. The van der Waals surface area contributed by atoms with Crippen molar-refractivity contribution in [3.63, 3.8) is 0 Å². The molecular weight excluding hydrogens is 452 g/mol. The number of aryl methyl sites for hydroxylation is 1. The fraction of sp³-hybridized carbons (Fsp3) is 0.280. The van der Waals surface area contributed by atoms with Crippen LogP contribution in [0, 0.1) is 23.1 Å². The predicted octanol–water partition coefficient (Wildman–Crippen LogP) is 3.20. The van der Waals surface area contributed by atoms with Gasteiger partial charge in [0, 0.05) is 43.5 Å². The Morgan fingerprint density at radius 1 is 1.20 bits per heavy atom. The van der Waals surface area contributed by atoms with Crippen LogP contribution in [0.25, 0.3) is 33.3 Å². The highest BCUT2D eigenvalue weighted by molar-refractivity contribution is 5.89. The quantitative estimate of drug-likeness (QED) is 0.488. The van der Waals surface area contributed by atoms with Crippen LogP contribution in [0.15, 0.2) is 42.6 Å². The number of carbonyl (C=O) groups is 1. The van der Waals surface area contributed by atoms with Gasteiger partial charge in [-0.1, -0.05) is 12.1 Å². The molecule has 0 aliphatic carbocycles. The highest BCUT2D eigenvalue weighted by Crippen LogP contribution is 2.34. The van der Waals surface area contributed by atoms with E-state index >= 15 is 0 Å². The van der Waals surface area contributed by atoms with Gasteiger partial charge in [0.05, 0.1) is 16.5 Å². The van der Waals surface area contributed by atoms with Crippen LogP contribution in [0.2, 0.25) is 0 Å².